The fraction of sp³-hybridized carbons (Fsp3) is 0.667. The summed E-state index contributed by atoms with van der Waals surface area (Å²) in [5.41, 5.74) is 0.883. The zero-order chi connectivity index (χ0) is 19.5. The Bertz CT molecular complexity index is 587. The molecule has 0 aliphatic carbocycles. The van der Waals surface area contributed by atoms with E-state index >= 15 is 0 Å². The first kappa shape index (κ1) is 21.6. The van der Waals surface area contributed by atoms with Gasteiger partial charge in [-0.05, 0) is 42.9 Å². The van der Waals surface area contributed by atoms with E-state index in [1.807, 2.05) is 6.07 Å². The molecule has 5 nitrogen and oxygen atoms in total. The Morgan fingerprint density at radius 2 is 2.07 bits per heavy atom. The van der Waals surface area contributed by atoms with Crippen LogP contribution in [0, 0.1) is 11.7 Å². The van der Waals surface area contributed by atoms with Crippen LogP contribution in [-0.2, 0) is 14.9 Å². The largest absolute Gasteiger partial charge is 0.381 e. The lowest BCUT2D eigenvalue weighted by molar-refractivity contribution is 0.0512. The number of hydrogen-bond donors (Lipinski definition) is 2. The van der Waals surface area contributed by atoms with E-state index in [9.17, 15) is 4.39 Å². The van der Waals surface area contributed by atoms with Crippen LogP contribution < -0.4 is 10.6 Å². The second-order valence-electron chi connectivity index (χ2n) is 7.58. The van der Waals surface area contributed by atoms with Crippen LogP contribution in [0.3, 0.4) is 0 Å². The molecule has 0 bridgehead atoms. The summed E-state index contributed by atoms with van der Waals surface area (Å²) >= 11 is 0. The van der Waals surface area contributed by atoms with Crippen molar-refractivity contribution in [3.63, 3.8) is 0 Å². The van der Waals surface area contributed by atoms with Crippen LogP contribution in [0.25, 0.3) is 0 Å². The Kier molecular flexibility index (Phi) is 9.01. The Labute approximate surface area is 162 Å². The maximum Gasteiger partial charge on any atom is 0.191 e. The average Bonchev–Trinajstić information content (AvgIpc) is 2.67. The van der Waals surface area contributed by atoms with Gasteiger partial charge in [-0.1, -0.05) is 26.0 Å². The number of ether oxygens (including phenoxy) is 2. The lowest BCUT2D eigenvalue weighted by Crippen LogP contribution is -2.48. The highest BCUT2D eigenvalue weighted by Crippen LogP contribution is 2.34. The summed E-state index contributed by atoms with van der Waals surface area (Å²) in [6, 6.07) is 6.94. The third-order valence-electron chi connectivity index (χ3n) is 4.91. The predicted octanol–water partition coefficient (Wildman–Crippen LogP) is 3.10. The van der Waals surface area contributed by atoms with Crippen LogP contribution >= 0.6 is 0 Å². The zero-order valence-electron chi connectivity index (χ0n) is 16.9. The summed E-state index contributed by atoms with van der Waals surface area (Å²) in [5.74, 6) is 1.13. The maximum absolute atomic E-state index is 13.8. The standard InChI is InChI=1S/C21H34FN3O2/c1-17(2)15-27-11-5-10-24-20(23-3)25-16-21(8-12-26-13-9-21)18-6-4-7-19(22)14-18/h4,6-7,14,17H,5,8-13,15-16H2,1-3H3,(H2,23,24,25). The highest BCUT2D eigenvalue weighted by Gasteiger charge is 2.34. The van der Waals surface area contributed by atoms with Crippen LogP contribution in [0.1, 0.15) is 38.7 Å². The Balaban J connectivity index is 1.86. The lowest BCUT2D eigenvalue weighted by atomic mass is 9.74. The molecule has 27 heavy (non-hydrogen) atoms. The molecular formula is C21H34FN3O2. The Hall–Kier alpha value is -1.66. The summed E-state index contributed by atoms with van der Waals surface area (Å²) in [7, 11) is 1.77. The van der Waals surface area contributed by atoms with Crippen LogP contribution in [0.15, 0.2) is 29.3 Å². The molecule has 1 aliphatic heterocycles. The van der Waals surface area contributed by atoms with Crippen molar-refractivity contribution < 1.29 is 13.9 Å². The number of halogens is 1. The van der Waals surface area contributed by atoms with Gasteiger partial charge in [-0.15, -0.1) is 0 Å². The fourth-order valence-corrected chi connectivity index (χ4v) is 3.32. The van der Waals surface area contributed by atoms with Crippen LogP contribution in [0.5, 0.6) is 0 Å². The van der Waals surface area contributed by atoms with Crippen molar-refractivity contribution in [2.45, 2.75) is 38.5 Å². The monoisotopic (exact) mass is 379 g/mol. The fourth-order valence-electron chi connectivity index (χ4n) is 3.32. The average molecular weight is 380 g/mol. The Morgan fingerprint density at radius 1 is 1.30 bits per heavy atom. The van der Waals surface area contributed by atoms with Crippen molar-refractivity contribution in [2.24, 2.45) is 10.9 Å². The normalized spacial score (nSPS) is 17.1. The molecule has 2 rings (SSSR count). The number of benzene rings is 1. The van der Waals surface area contributed by atoms with Gasteiger partial charge in [-0.2, -0.15) is 0 Å². The van der Waals surface area contributed by atoms with E-state index in [2.05, 4.69) is 29.5 Å². The predicted molar refractivity (Wildman–Crippen MR) is 108 cm³/mol. The second-order valence-corrected chi connectivity index (χ2v) is 7.58. The molecule has 1 aromatic rings. The summed E-state index contributed by atoms with van der Waals surface area (Å²) < 4.78 is 24.9. The van der Waals surface area contributed by atoms with Crippen LogP contribution in [0.2, 0.25) is 0 Å². The first-order chi connectivity index (χ1) is 13.1. The van der Waals surface area contributed by atoms with Gasteiger partial charge in [0.1, 0.15) is 5.82 Å². The SMILES string of the molecule is CN=C(NCCCOCC(C)C)NCC1(c2cccc(F)c2)CCOCC1. The summed E-state index contributed by atoms with van der Waals surface area (Å²) in [5, 5.41) is 6.76. The van der Waals surface area contributed by atoms with E-state index in [1.165, 1.54) is 6.07 Å². The van der Waals surface area contributed by atoms with Gasteiger partial charge in [0.2, 0.25) is 0 Å². The van der Waals surface area contributed by atoms with Gasteiger partial charge in [0, 0.05) is 52.0 Å². The third-order valence-corrected chi connectivity index (χ3v) is 4.91. The summed E-state index contributed by atoms with van der Waals surface area (Å²) in [6.07, 6.45) is 2.66. The second kappa shape index (κ2) is 11.2. The van der Waals surface area contributed by atoms with Crippen molar-refractivity contribution >= 4 is 5.96 Å². The number of hydrogen-bond acceptors (Lipinski definition) is 3. The van der Waals surface area contributed by atoms with Crippen LogP contribution in [0.4, 0.5) is 4.39 Å². The molecule has 0 aromatic heterocycles. The number of guanidine groups is 1. The number of rotatable bonds is 9. The number of nitrogens with zero attached hydrogens (tertiary/aromatic N) is 1. The maximum atomic E-state index is 13.8. The smallest absolute Gasteiger partial charge is 0.191 e. The minimum absolute atomic E-state index is 0.141. The van der Waals surface area contributed by atoms with E-state index in [0.29, 0.717) is 25.7 Å². The zero-order valence-corrected chi connectivity index (χ0v) is 16.9. The molecule has 152 valence electrons. The lowest BCUT2D eigenvalue weighted by Gasteiger charge is -2.38. The summed E-state index contributed by atoms with van der Waals surface area (Å²) in [4.78, 5) is 4.31. The van der Waals surface area contributed by atoms with Gasteiger partial charge in [0.05, 0.1) is 0 Å². The van der Waals surface area contributed by atoms with Gasteiger partial charge in [-0.25, -0.2) is 4.39 Å². The molecule has 1 heterocycles. The van der Waals surface area contributed by atoms with Gasteiger partial charge in [0.25, 0.3) is 0 Å². The van der Waals surface area contributed by atoms with Crippen molar-refractivity contribution in [2.75, 3.05) is 46.6 Å². The van der Waals surface area contributed by atoms with Crippen molar-refractivity contribution in [3.8, 4) is 0 Å². The van der Waals surface area contributed by atoms with E-state index in [-0.39, 0.29) is 11.2 Å². The highest BCUT2D eigenvalue weighted by molar-refractivity contribution is 5.79. The molecule has 0 radical (unpaired) electrons. The molecule has 1 saturated heterocycles. The Morgan fingerprint density at radius 3 is 2.74 bits per heavy atom. The summed E-state index contributed by atoms with van der Waals surface area (Å²) in [6.45, 7) is 8.72. The molecule has 2 N–H and O–H groups in total. The molecule has 0 atom stereocenters. The molecule has 1 aliphatic rings. The van der Waals surface area contributed by atoms with E-state index in [0.717, 1.165) is 50.5 Å². The molecule has 6 heteroatoms. The van der Waals surface area contributed by atoms with E-state index in [4.69, 9.17) is 9.47 Å². The first-order valence-electron chi connectivity index (χ1n) is 9.92. The molecule has 1 fully saturated rings. The molecule has 1 aromatic carbocycles. The minimum atomic E-state index is -0.192. The van der Waals surface area contributed by atoms with Crippen molar-refractivity contribution in [1.29, 1.82) is 0 Å². The van der Waals surface area contributed by atoms with E-state index < -0.39 is 0 Å². The van der Waals surface area contributed by atoms with Crippen molar-refractivity contribution in [1.82, 2.24) is 10.6 Å². The molecule has 0 unspecified atom stereocenters. The molecule has 0 saturated carbocycles. The quantitative estimate of drug-likeness (QED) is 0.393. The topological polar surface area (TPSA) is 54.9 Å². The minimum Gasteiger partial charge on any atom is -0.381 e. The van der Waals surface area contributed by atoms with Gasteiger partial charge in [-0.3, -0.25) is 4.99 Å². The van der Waals surface area contributed by atoms with Gasteiger partial charge < -0.3 is 20.1 Å². The molecule has 0 amide bonds. The third kappa shape index (κ3) is 7.11. The highest BCUT2D eigenvalue weighted by atomic mass is 19.1. The van der Waals surface area contributed by atoms with Crippen LogP contribution in [-0.4, -0.2) is 52.5 Å². The first-order valence-corrected chi connectivity index (χ1v) is 9.92. The van der Waals surface area contributed by atoms with Gasteiger partial charge in [0.15, 0.2) is 5.96 Å². The van der Waals surface area contributed by atoms with Crippen molar-refractivity contribution in [3.05, 3.63) is 35.6 Å². The molecular weight excluding hydrogens is 345 g/mol. The number of aliphatic imine (C=N–C) groups is 1. The number of nitrogens with one attached hydrogen (secondary N) is 2. The van der Waals surface area contributed by atoms with E-state index in [1.54, 1.807) is 19.2 Å². The molecule has 0 spiro atoms. The van der Waals surface area contributed by atoms with Gasteiger partial charge >= 0.3 is 0 Å².